The average molecular weight is 220 g/mol. The van der Waals surface area contributed by atoms with E-state index in [9.17, 15) is 4.79 Å². The molecule has 0 fully saturated rings. The standard InChI is InChI=1S/C12H12O2S/c1-3-14-12(13)9-8-10-6-4-5-7-11(10)15-2/h4-7H,3H2,1-2H3. The van der Waals surface area contributed by atoms with E-state index in [1.165, 1.54) is 0 Å². The highest BCUT2D eigenvalue weighted by Gasteiger charge is 1.97. The van der Waals surface area contributed by atoms with Crippen LogP contribution < -0.4 is 0 Å². The van der Waals surface area contributed by atoms with Crippen LogP contribution in [0.4, 0.5) is 0 Å². The number of carbonyl (C=O) groups is 1. The molecule has 0 bridgehead atoms. The van der Waals surface area contributed by atoms with Crippen molar-refractivity contribution in [2.24, 2.45) is 0 Å². The maximum atomic E-state index is 11.0. The molecule has 0 aliphatic rings. The zero-order chi connectivity index (χ0) is 11.1. The highest BCUT2D eigenvalue weighted by molar-refractivity contribution is 7.98. The predicted octanol–water partition coefficient (Wildman–Crippen LogP) is 2.32. The lowest BCUT2D eigenvalue weighted by Gasteiger charge is -1.98. The summed E-state index contributed by atoms with van der Waals surface area (Å²) in [6.07, 6.45) is 1.98. The van der Waals surface area contributed by atoms with Gasteiger partial charge in [-0.1, -0.05) is 18.1 Å². The van der Waals surface area contributed by atoms with Crippen LogP contribution in [0.3, 0.4) is 0 Å². The van der Waals surface area contributed by atoms with E-state index in [1.54, 1.807) is 18.7 Å². The molecule has 0 atom stereocenters. The van der Waals surface area contributed by atoms with Gasteiger partial charge in [-0.15, -0.1) is 11.8 Å². The first-order chi connectivity index (χ1) is 7.27. The highest BCUT2D eigenvalue weighted by Crippen LogP contribution is 2.18. The predicted molar refractivity (Wildman–Crippen MR) is 61.7 cm³/mol. The van der Waals surface area contributed by atoms with Crippen molar-refractivity contribution in [3.05, 3.63) is 29.8 Å². The van der Waals surface area contributed by atoms with Gasteiger partial charge >= 0.3 is 5.97 Å². The topological polar surface area (TPSA) is 26.3 Å². The number of esters is 1. The Hall–Kier alpha value is -1.40. The van der Waals surface area contributed by atoms with Crippen LogP contribution in [0, 0.1) is 11.8 Å². The monoisotopic (exact) mass is 220 g/mol. The average Bonchev–Trinajstić information content (AvgIpc) is 2.27. The Balaban J connectivity index is 2.83. The van der Waals surface area contributed by atoms with Crippen molar-refractivity contribution in [2.45, 2.75) is 11.8 Å². The Morgan fingerprint density at radius 1 is 1.47 bits per heavy atom. The fourth-order valence-corrected chi connectivity index (χ4v) is 1.59. The zero-order valence-corrected chi connectivity index (χ0v) is 9.56. The first-order valence-corrected chi connectivity index (χ1v) is 5.82. The molecule has 0 aliphatic carbocycles. The molecule has 1 aromatic carbocycles. The summed E-state index contributed by atoms with van der Waals surface area (Å²) in [5.41, 5.74) is 0.859. The van der Waals surface area contributed by atoms with Crippen molar-refractivity contribution in [3.63, 3.8) is 0 Å². The third kappa shape index (κ3) is 3.69. The van der Waals surface area contributed by atoms with Crippen molar-refractivity contribution in [2.75, 3.05) is 12.9 Å². The summed E-state index contributed by atoms with van der Waals surface area (Å²) in [4.78, 5) is 12.1. The minimum Gasteiger partial charge on any atom is -0.456 e. The van der Waals surface area contributed by atoms with E-state index < -0.39 is 5.97 Å². The van der Waals surface area contributed by atoms with Gasteiger partial charge in [0.15, 0.2) is 0 Å². The van der Waals surface area contributed by atoms with Crippen LogP contribution in [0.5, 0.6) is 0 Å². The second kappa shape index (κ2) is 6.15. The molecule has 0 saturated carbocycles. The van der Waals surface area contributed by atoms with Gasteiger partial charge in [-0.05, 0) is 25.3 Å². The van der Waals surface area contributed by atoms with Crippen LogP contribution in [0.25, 0.3) is 0 Å². The minimum absolute atomic E-state index is 0.359. The molecule has 0 amide bonds. The fourth-order valence-electron chi connectivity index (χ4n) is 1.03. The number of benzene rings is 1. The lowest BCUT2D eigenvalue weighted by Crippen LogP contribution is -1.99. The van der Waals surface area contributed by atoms with Gasteiger partial charge in [-0.25, -0.2) is 4.79 Å². The summed E-state index contributed by atoms with van der Waals surface area (Å²) in [7, 11) is 0. The van der Waals surface area contributed by atoms with E-state index >= 15 is 0 Å². The molecule has 0 radical (unpaired) electrons. The molecule has 78 valence electrons. The Morgan fingerprint density at radius 3 is 2.87 bits per heavy atom. The van der Waals surface area contributed by atoms with E-state index in [-0.39, 0.29) is 0 Å². The van der Waals surface area contributed by atoms with Gasteiger partial charge in [0.05, 0.1) is 6.61 Å². The fraction of sp³-hybridized carbons (Fsp3) is 0.250. The number of carbonyl (C=O) groups excluding carboxylic acids is 1. The summed E-state index contributed by atoms with van der Waals surface area (Å²) >= 11 is 1.61. The third-order valence-corrected chi connectivity index (χ3v) is 2.48. The van der Waals surface area contributed by atoms with Crippen LogP contribution in [-0.4, -0.2) is 18.8 Å². The van der Waals surface area contributed by atoms with Crippen molar-refractivity contribution < 1.29 is 9.53 Å². The van der Waals surface area contributed by atoms with Gasteiger partial charge < -0.3 is 4.74 Å². The second-order valence-electron chi connectivity index (χ2n) is 2.67. The summed E-state index contributed by atoms with van der Waals surface area (Å²) in [5, 5.41) is 0. The van der Waals surface area contributed by atoms with E-state index in [2.05, 4.69) is 11.8 Å². The molecule has 0 spiro atoms. The number of thioether (sulfide) groups is 1. The van der Waals surface area contributed by atoms with Gasteiger partial charge in [0.1, 0.15) is 0 Å². The Morgan fingerprint density at radius 2 is 2.20 bits per heavy atom. The lowest BCUT2D eigenvalue weighted by atomic mass is 10.2. The molecule has 1 rings (SSSR count). The molecule has 2 nitrogen and oxygen atoms in total. The van der Waals surface area contributed by atoms with Crippen molar-refractivity contribution >= 4 is 17.7 Å². The van der Waals surface area contributed by atoms with Gasteiger partial charge in [-0.2, -0.15) is 0 Å². The molecule has 0 N–H and O–H groups in total. The Kier molecular flexibility index (Phi) is 4.79. The van der Waals surface area contributed by atoms with Crippen LogP contribution in [0.2, 0.25) is 0 Å². The highest BCUT2D eigenvalue weighted by atomic mass is 32.2. The van der Waals surface area contributed by atoms with Crippen molar-refractivity contribution in [1.29, 1.82) is 0 Å². The third-order valence-electron chi connectivity index (χ3n) is 1.68. The van der Waals surface area contributed by atoms with Crippen molar-refractivity contribution in [1.82, 2.24) is 0 Å². The van der Waals surface area contributed by atoms with E-state index in [0.29, 0.717) is 6.61 Å². The number of hydrogen-bond acceptors (Lipinski definition) is 3. The van der Waals surface area contributed by atoms with E-state index in [0.717, 1.165) is 10.5 Å². The number of rotatable bonds is 2. The molecule has 3 heteroatoms. The Bertz CT molecular complexity index is 402. The number of hydrogen-bond donors (Lipinski definition) is 0. The Labute approximate surface area is 94.0 Å². The van der Waals surface area contributed by atoms with Gasteiger partial charge in [0.2, 0.25) is 0 Å². The van der Waals surface area contributed by atoms with Crippen LogP contribution in [0.1, 0.15) is 12.5 Å². The smallest absolute Gasteiger partial charge is 0.384 e. The molecule has 0 aromatic heterocycles. The molecular weight excluding hydrogens is 208 g/mol. The molecule has 15 heavy (non-hydrogen) atoms. The maximum Gasteiger partial charge on any atom is 0.384 e. The van der Waals surface area contributed by atoms with Crippen LogP contribution in [-0.2, 0) is 9.53 Å². The van der Waals surface area contributed by atoms with Crippen molar-refractivity contribution in [3.8, 4) is 11.8 Å². The summed E-state index contributed by atoms with van der Waals surface area (Å²) in [6.45, 7) is 2.12. The molecule has 0 heterocycles. The maximum absolute atomic E-state index is 11.0. The quantitative estimate of drug-likeness (QED) is 0.434. The SMILES string of the molecule is CCOC(=O)C#Cc1ccccc1SC. The van der Waals surface area contributed by atoms with Gasteiger partial charge in [-0.3, -0.25) is 0 Å². The summed E-state index contributed by atoms with van der Waals surface area (Å²) in [5.74, 6) is 4.78. The largest absolute Gasteiger partial charge is 0.456 e. The molecule has 0 saturated heterocycles. The minimum atomic E-state index is -0.478. The zero-order valence-electron chi connectivity index (χ0n) is 8.74. The first kappa shape index (κ1) is 11.7. The van der Waals surface area contributed by atoms with Gasteiger partial charge in [0, 0.05) is 16.4 Å². The molecular formula is C12H12O2S. The van der Waals surface area contributed by atoms with Gasteiger partial charge in [0.25, 0.3) is 0 Å². The number of ether oxygens (including phenoxy) is 1. The molecule has 0 unspecified atom stereocenters. The normalized spacial score (nSPS) is 8.93. The molecule has 0 aliphatic heterocycles. The van der Waals surface area contributed by atoms with Crippen LogP contribution >= 0.6 is 11.8 Å². The lowest BCUT2D eigenvalue weighted by molar-refractivity contribution is -0.136. The van der Waals surface area contributed by atoms with E-state index in [1.807, 2.05) is 30.5 Å². The van der Waals surface area contributed by atoms with E-state index in [4.69, 9.17) is 4.74 Å². The summed E-state index contributed by atoms with van der Waals surface area (Å²) in [6, 6.07) is 7.70. The first-order valence-electron chi connectivity index (χ1n) is 4.59. The van der Waals surface area contributed by atoms with Crippen LogP contribution in [0.15, 0.2) is 29.2 Å². The second-order valence-corrected chi connectivity index (χ2v) is 3.52. The summed E-state index contributed by atoms with van der Waals surface area (Å²) < 4.78 is 4.72. The molecule has 1 aromatic rings.